The second-order valence-corrected chi connectivity index (χ2v) is 8.05. The van der Waals surface area contributed by atoms with Crippen molar-refractivity contribution in [1.82, 2.24) is 10.2 Å². The second kappa shape index (κ2) is 6.62. The van der Waals surface area contributed by atoms with Crippen molar-refractivity contribution in [3.8, 4) is 16.5 Å². The smallest absolute Gasteiger partial charge is 0.261 e. The molecule has 3 saturated heterocycles. The van der Waals surface area contributed by atoms with Crippen LogP contribution in [0.5, 0.6) is 0 Å². The standard InChI is InChI=1S/C20H21N3OS/c1-13-19(15-7-9-23(13)10-8-15)22-20(24)18-6-5-17(25-18)16-4-2-3-14(11-16)12-21/h2-6,11,13,15,19H,7-10H2,1H3,(H,22,24)/t13-,19-/m0/s1. The lowest BCUT2D eigenvalue weighted by Crippen LogP contribution is -2.62. The first-order valence-electron chi connectivity index (χ1n) is 8.81. The molecule has 25 heavy (non-hydrogen) atoms. The van der Waals surface area contributed by atoms with Crippen molar-refractivity contribution in [2.75, 3.05) is 13.1 Å². The fourth-order valence-corrected chi connectivity index (χ4v) is 5.03. The zero-order valence-electron chi connectivity index (χ0n) is 14.2. The Morgan fingerprint density at radius 2 is 2.08 bits per heavy atom. The first-order valence-corrected chi connectivity index (χ1v) is 9.62. The molecular formula is C20H21N3OS. The van der Waals surface area contributed by atoms with Crippen LogP contribution in [0.15, 0.2) is 36.4 Å². The minimum atomic E-state index is 0.0262. The predicted octanol–water partition coefficient (Wildman–Crippen LogP) is 3.50. The number of nitrogens with one attached hydrogen (secondary N) is 1. The number of nitrogens with zero attached hydrogens (tertiary/aromatic N) is 2. The third kappa shape index (κ3) is 3.08. The largest absolute Gasteiger partial charge is 0.347 e. The number of carbonyl (C=O) groups is 1. The lowest BCUT2D eigenvalue weighted by atomic mass is 9.79. The van der Waals surface area contributed by atoms with Gasteiger partial charge in [-0.1, -0.05) is 12.1 Å². The maximum absolute atomic E-state index is 12.7. The Balaban J connectivity index is 1.50. The predicted molar refractivity (Wildman–Crippen MR) is 99.5 cm³/mol. The Hall–Kier alpha value is -2.16. The molecule has 0 radical (unpaired) electrons. The molecule has 3 aliphatic heterocycles. The van der Waals surface area contributed by atoms with Crippen molar-refractivity contribution < 1.29 is 4.79 Å². The van der Waals surface area contributed by atoms with E-state index in [-0.39, 0.29) is 11.9 Å². The molecule has 2 bridgehead atoms. The maximum atomic E-state index is 12.7. The number of hydrogen-bond donors (Lipinski definition) is 1. The zero-order chi connectivity index (χ0) is 17.4. The summed E-state index contributed by atoms with van der Waals surface area (Å²) in [5, 5.41) is 12.3. The summed E-state index contributed by atoms with van der Waals surface area (Å²) in [6.45, 7) is 4.55. The lowest BCUT2D eigenvalue weighted by Gasteiger charge is -2.49. The number of benzene rings is 1. The Morgan fingerprint density at radius 1 is 1.28 bits per heavy atom. The maximum Gasteiger partial charge on any atom is 0.261 e. The van der Waals surface area contributed by atoms with Crippen LogP contribution >= 0.6 is 11.3 Å². The summed E-state index contributed by atoms with van der Waals surface area (Å²) in [5.74, 6) is 0.633. The average Bonchev–Trinajstić information content (AvgIpc) is 3.15. The van der Waals surface area contributed by atoms with Gasteiger partial charge in [0.15, 0.2) is 0 Å². The van der Waals surface area contributed by atoms with Crippen LogP contribution < -0.4 is 5.32 Å². The van der Waals surface area contributed by atoms with Gasteiger partial charge in [0.05, 0.1) is 16.5 Å². The molecule has 3 fully saturated rings. The van der Waals surface area contributed by atoms with Crippen LogP contribution in [-0.4, -0.2) is 36.0 Å². The fourth-order valence-electron chi connectivity index (χ4n) is 4.12. The average molecular weight is 351 g/mol. The second-order valence-electron chi connectivity index (χ2n) is 6.97. The van der Waals surface area contributed by atoms with Gasteiger partial charge in [-0.3, -0.25) is 9.69 Å². The lowest BCUT2D eigenvalue weighted by molar-refractivity contribution is 0.0218. The summed E-state index contributed by atoms with van der Waals surface area (Å²) in [6, 6.07) is 14.2. The molecule has 1 aromatic carbocycles. The summed E-state index contributed by atoms with van der Waals surface area (Å²) in [4.78, 5) is 17.0. The van der Waals surface area contributed by atoms with Gasteiger partial charge >= 0.3 is 0 Å². The van der Waals surface area contributed by atoms with Crippen LogP contribution in [0.4, 0.5) is 0 Å². The molecule has 0 saturated carbocycles. The SMILES string of the molecule is C[C@H]1[C@H](NC(=O)c2ccc(-c3cccc(C#N)c3)s2)C2CCN1CC2. The quantitative estimate of drug-likeness (QED) is 0.921. The number of nitriles is 1. The molecule has 0 spiro atoms. The van der Waals surface area contributed by atoms with Gasteiger partial charge in [-0.05, 0) is 68.6 Å². The molecule has 1 amide bonds. The molecule has 128 valence electrons. The number of piperidine rings is 3. The van der Waals surface area contributed by atoms with E-state index in [4.69, 9.17) is 5.26 Å². The number of fused-ring (bicyclic) bond motifs is 3. The highest BCUT2D eigenvalue weighted by molar-refractivity contribution is 7.17. The van der Waals surface area contributed by atoms with Crippen molar-refractivity contribution in [3.05, 3.63) is 46.8 Å². The van der Waals surface area contributed by atoms with E-state index in [0.717, 1.165) is 28.4 Å². The number of thiophene rings is 1. The van der Waals surface area contributed by atoms with E-state index in [9.17, 15) is 4.79 Å². The topological polar surface area (TPSA) is 56.1 Å². The summed E-state index contributed by atoms with van der Waals surface area (Å²) < 4.78 is 0. The minimum Gasteiger partial charge on any atom is -0.347 e. The molecule has 4 nitrogen and oxygen atoms in total. The van der Waals surface area contributed by atoms with Crippen molar-refractivity contribution in [2.24, 2.45) is 5.92 Å². The van der Waals surface area contributed by atoms with Gasteiger partial charge in [0.2, 0.25) is 0 Å². The molecule has 1 N–H and O–H groups in total. The highest BCUT2D eigenvalue weighted by atomic mass is 32.1. The van der Waals surface area contributed by atoms with Crippen LogP contribution in [0.25, 0.3) is 10.4 Å². The third-order valence-corrected chi connectivity index (χ3v) is 6.71. The van der Waals surface area contributed by atoms with E-state index < -0.39 is 0 Å². The van der Waals surface area contributed by atoms with Crippen molar-refractivity contribution in [2.45, 2.75) is 31.8 Å². The van der Waals surface area contributed by atoms with Crippen LogP contribution in [0.1, 0.15) is 35.0 Å². The number of rotatable bonds is 3. The van der Waals surface area contributed by atoms with Gasteiger partial charge < -0.3 is 5.32 Å². The van der Waals surface area contributed by atoms with Crippen LogP contribution in [-0.2, 0) is 0 Å². The summed E-state index contributed by atoms with van der Waals surface area (Å²) in [6.07, 6.45) is 2.37. The van der Waals surface area contributed by atoms with Gasteiger partial charge in [-0.25, -0.2) is 0 Å². The number of amides is 1. The van der Waals surface area contributed by atoms with Gasteiger partial charge in [-0.15, -0.1) is 11.3 Å². The number of carbonyl (C=O) groups excluding carboxylic acids is 1. The first kappa shape index (κ1) is 16.3. The Morgan fingerprint density at radius 3 is 2.80 bits per heavy atom. The van der Waals surface area contributed by atoms with E-state index in [1.807, 2.05) is 30.3 Å². The molecule has 4 heterocycles. The molecule has 5 rings (SSSR count). The van der Waals surface area contributed by atoms with Crippen LogP contribution in [0.3, 0.4) is 0 Å². The van der Waals surface area contributed by atoms with Gasteiger partial charge in [0.1, 0.15) is 0 Å². The molecule has 2 atom stereocenters. The Kier molecular flexibility index (Phi) is 4.32. The summed E-state index contributed by atoms with van der Waals surface area (Å²) in [7, 11) is 0. The molecule has 2 aromatic rings. The molecule has 5 heteroatoms. The van der Waals surface area contributed by atoms with Gasteiger partial charge in [-0.2, -0.15) is 5.26 Å². The monoisotopic (exact) mass is 351 g/mol. The van der Waals surface area contributed by atoms with Gasteiger partial charge in [0, 0.05) is 17.0 Å². The van der Waals surface area contributed by atoms with E-state index in [0.29, 0.717) is 17.5 Å². The highest BCUT2D eigenvalue weighted by Crippen LogP contribution is 2.33. The first-order chi connectivity index (χ1) is 12.2. The molecule has 3 aliphatic rings. The van der Waals surface area contributed by atoms with E-state index in [1.54, 1.807) is 6.07 Å². The molecular weight excluding hydrogens is 330 g/mol. The fraction of sp³-hybridized carbons (Fsp3) is 0.400. The van der Waals surface area contributed by atoms with Crippen molar-refractivity contribution in [1.29, 1.82) is 5.26 Å². The molecule has 1 aromatic heterocycles. The Labute approximate surface area is 152 Å². The van der Waals surface area contributed by atoms with Crippen LogP contribution in [0.2, 0.25) is 0 Å². The molecule has 0 unspecified atom stereocenters. The summed E-state index contributed by atoms with van der Waals surface area (Å²) >= 11 is 1.49. The minimum absolute atomic E-state index is 0.0262. The van der Waals surface area contributed by atoms with Crippen LogP contribution in [0, 0.1) is 17.2 Å². The number of hydrogen-bond acceptors (Lipinski definition) is 4. The van der Waals surface area contributed by atoms with E-state index in [1.165, 1.54) is 24.2 Å². The normalized spacial score (nSPS) is 27.7. The van der Waals surface area contributed by atoms with Gasteiger partial charge in [0.25, 0.3) is 5.91 Å². The zero-order valence-corrected chi connectivity index (χ0v) is 15.1. The molecule has 0 aliphatic carbocycles. The highest BCUT2D eigenvalue weighted by Gasteiger charge is 2.40. The van der Waals surface area contributed by atoms with E-state index in [2.05, 4.69) is 23.2 Å². The third-order valence-electron chi connectivity index (χ3n) is 5.58. The van der Waals surface area contributed by atoms with Crippen molar-refractivity contribution in [3.63, 3.8) is 0 Å². The van der Waals surface area contributed by atoms with Crippen molar-refractivity contribution >= 4 is 17.2 Å². The Bertz CT molecular complexity index is 827. The van der Waals surface area contributed by atoms with E-state index >= 15 is 0 Å². The summed E-state index contributed by atoms with van der Waals surface area (Å²) in [5.41, 5.74) is 1.62.